The van der Waals surface area contributed by atoms with Crippen LogP contribution < -0.4 is 5.32 Å². The van der Waals surface area contributed by atoms with E-state index in [1.807, 2.05) is 0 Å². The maximum absolute atomic E-state index is 12.3. The molecule has 1 saturated heterocycles. The van der Waals surface area contributed by atoms with E-state index in [1.165, 1.54) is 8.61 Å². The molecule has 7 heteroatoms. The lowest BCUT2D eigenvalue weighted by Gasteiger charge is -2.28. The molecule has 0 amide bonds. The highest BCUT2D eigenvalue weighted by atomic mass is 32.2. The minimum atomic E-state index is -3.36. The van der Waals surface area contributed by atoms with Crippen LogP contribution in [0.25, 0.3) is 0 Å². The smallest absolute Gasteiger partial charge is 0.281 e. The van der Waals surface area contributed by atoms with E-state index >= 15 is 0 Å². The summed E-state index contributed by atoms with van der Waals surface area (Å²) >= 11 is 0. The van der Waals surface area contributed by atoms with Crippen LogP contribution in [0.15, 0.2) is 0 Å². The topological polar surface area (TPSA) is 61.9 Å². The summed E-state index contributed by atoms with van der Waals surface area (Å²) in [6.45, 7) is 5.63. The van der Waals surface area contributed by atoms with Gasteiger partial charge in [-0.05, 0) is 32.4 Å². The molecule has 114 valence electrons. The molecule has 0 spiro atoms. The van der Waals surface area contributed by atoms with Crippen LogP contribution in [0.1, 0.15) is 26.2 Å². The van der Waals surface area contributed by atoms with Gasteiger partial charge in [0.15, 0.2) is 0 Å². The number of nitrogens with zero attached hydrogens (tertiary/aromatic N) is 2. The Labute approximate surface area is 117 Å². The zero-order valence-electron chi connectivity index (χ0n) is 12.3. The second kappa shape index (κ2) is 8.16. The fourth-order valence-electron chi connectivity index (χ4n) is 2.06. The Morgan fingerprint density at radius 3 is 2.63 bits per heavy atom. The molecule has 0 saturated carbocycles. The summed E-state index contributed by atoms with van der Waals surface area (Å²) in [5.74, 6) is 0. The molecule has 0 radical (unpaired) electrons. The molecule has 0 aliphatic carbocycles. The van der Waals surface area contributed by atoms with Crippen LogP contribution in [-0.4, -0.2) is 70.0 Å². The van der Waals surface area contributed by atoms with Gasteiger partial charge < -0.3 is 10.1 Å². The van der Waals surface area contributed by atoms with Gasteiger partial charge in [0.1, 0.15) is 0 Å². The van der Waals surface area contributed by atoms with E-state index in [0.717, 1.165) is 32.4 Å². The molecule has 19 heavy (non-hydrogen) atoms. The lowest BCUT2D eigenvalue weighted by atomic mass is 10.3. The first-order valence-corrected chi connectivity index (χ1v) is 8.37. The molecule has 0 aromatic heterocycles. The van der Waals surface area contributed by atoms with Gasteiger partial charge in [-0.25, -0.2) is 0 Å². The van der Waals surface area contributed by atoms with Crippen molar-refractivity contribution in [1.29, 1.82) is 0 Å². The van der Waals surface area contributed by atoms with Crippen molar-refractivity contribution in [3.63, 3.8) is 0 Å². The molecule has 1 aliphatic heterocycles. The van der Waals surface area contributed by atoms with Crippen LogP contribution in [0.2, 0.25) is 0 Å². The quantitative estimate of drug-likeness (QED) is 0.620. The molecule has 1 atom stereocenters. The third kappa shape index (κ3) is 5.00. The molecule has 6 nitrogen and oxygen atoms in total. The minimum absolute atomic E-state index is 0.0225. The van der Waals surface area contributed by atoms with E-state index < -0.39 is 10.2 Å². The monoisotopic (exact) mass is 293 g/mol. The van der Waals surface area contributed by atoms with Crippen LogP contribution in [0.3, 0.4) is 0 Å². The fraction of sp³-hybridized carbons (Fsp3) is 1.00. The van der Waals surface area contributed by atoms with Crippen molar-refractivity contribution in [1.82, 2.24) is 13.9 Å². The van der Waals surface area contributed by atoms with Gasteiger partial charge in [-0.3, -0.25) is 0 Å². The van der Waals surface area contributed by atoms with Crippen molar-refractivity contribution in [2.45, 2.75) is 32.2 Å². The van der Waals surface area contributed by atoms with E-state index in [4.69, 9.17) is 4.74 Å². The minimum Gasteiger partial charge on any atom is -0.380 e. The predicted molar refractivity (Wildman–Crippen MR) is 76.3 cm³/mol. The molecule has 0 aromatic carbocycles. The summed E-state index contributed by atoms with van der Waals surface area (Å²) in [4.78, 5) is 0. The van der Waals surface area contributed by atoms with Gasteiger partial charge >= 0.3 is 0 Å². The van der Waals surface area contributed by atoms with Crippen molar-refractivity contribution in [3.05, 3.63) is 0 Å². The molecule has 1 rings (SSSR count). The van der Waals surface area contributed by atoms with Crippen molar-refractivity contribution in [2.75, 3.05) is 46.9 Å². The maximum Gasteiger partial charge on any atom is 0.281 e. The number of ether oxygens (including phenoxy) is 1. The normalized spacial score (nSPS) is 20.6. The first-order valence-electron chi connectivity index (χ1n) is 6.98. The van der Waals surface area contributed by atoms with E-state index in [9.17, 15) is 8.42 Å². The lowest BCUT2D eigenvalue weighted by molar-refractivity contribution is 0.179. The molecular formula is C12H27N3O3S. The summed E-state index contributed by atoms with van der Waals surface area (Å²) in [5.41, 5.74) is 0. The molecule has 1 N–H and O–H groups in total. The average Bonchev–Trinajstić information content (AvgIpc) is 2.91. The Hall–Kier alpha value is -0.210. The summed E-state index contributed by atoms with van der Waals surface area (Å²) in [7, 11) is -0.0765. The van der Waals surface area contributed by atoms with Crippen molar-refractivity contribution in [3.8, 4) is 0 Å². The van der Waals surface area contributed by atoms with E-state index in [2.05, 4.69) is 12.2 Å². The van der Waals surface area contributed by atoms with Crippen LogP contribution in [0, 0.1) is 0 Å². The molecule has 0 bridgehead atoms. The van der Waals surface area contributed by atoms with Gasteiger partial charge in [0, 0.05) is 27.2 Å². The van der Waals surface area contributed by atoms with Gasteiger partial charge in [-0.2, -0.15) is 17.0 Å². The van der Waals surface area contributed by atoms with Gasteiger partial charge in [0.2, 0.25) is 0 Å². The standard InChI is InChI=1S/C12H27N3O3S/c1-4-7-13-8-5-9-14(2)19(16,17)15(3)12-6-10-18-11-12/h12-13H,4-11H2,1-3H3. The SMILES string of the molecule is CCCNCCCN(C)S(=O)(=O)N(C)C1CCOC1. The molecule has 1 heterocycles. The summed E-state index contributed by atoms with van der Waals surface area (Å²) in [5, 5.41) is 3.27. The predicted octanol–water partition coefficient (Wildman–Crippen LogP) is 0.273. The Kier molecular flexibility index (Phi) is 7.23. The number of likely N-dealkylation sites (N-methyl/N-ethyl adjacent to an activating group) is 1. The first-order chi connectivity index (χ1) is 9.00. The summed E-state index contributed by atoms with van der Waals surface area (Å²) < 4.78 is 32.7. The lowest BCUT2D eigenvalue weighted by Crippen LogP contribution is -2.45. The number of hydrogen-bond donors (Lipinski definition) is 1. The van der Waals surface area contributed by atoms with Crippen LogP contribution >= 0.6 is 0 Å². The molecular weight excluding hydrogens is 266 g/mol. The highest BCUT2D eigenvalue weighted by Crippen LogP contribution is 2.16. The second-order valence-corrected chi connectivity index (χ2v) is 7.06. The van der Waals surface area contributed by atoms with Gasteiger partial charge in [-0.15, -0.1) is 0 Å². The Bertz CT molecular complexity index is 342. The van der Waals surface area contributed by atoms with Crippen LogP contribution in [0.4, 0.5) is 0 Å². The maximum atomic E-state index is 12.3. The van der Waals surface area contributed by atoms with Crippen molar-refractivity contribution in [2.24, 2.45) is 0 Å². The average molecular weight is 293 g/mol. The fourth-order valence-corrected chi connectivity index (χ4v) is 3.40. The zero-order chi connectivity index (χ0) is 14.3. The van der Waals surface area contributed by atoms with E-state index in [1.54, 1.807) is 14.1 Å². The summed E-state index contributed by atoms with van der Waals surface area (Å²) in [6, 6.07) is -0.0225. The molecule has 1 aliphatic rings. The zero-order valence-corrected chi connectivity index (χ0v) is 13.1. The Morgan fingerprint density at radius 2 is 2.05 bits per heavy atom. The first kappa shape index (κ1) is 16.8. The third-order valence-electron chi connectivity index (χ3n) is 3.43. The number of rotatable bonds is 9. The molecule has 1 unspecified atom stereocenters. The highest BCUT2D eigenvalue weighted by Gasteiger charge is 2.31. The number of nitrogens with one attached hydrogen (secondary N) is 1. The Balaban J connectivity index is 2.37. The van der Waals surface area contributed by atoms with Crippen molar-refractivity contribution >= 4 is 10.2 Å². The third-order valence-corrected chi connectivity index (χ3v) is 5.43. The number of hydrogen-bond acceptors (Lipinski definition) is 4. The largest absolute Gasteiger partial charge is 0.380 e. The highest BCUT2D eigenvalue weighted by molar-refractivity contribution is 7.86. The molecule has 1 fully saturated rings. The van der Waals surface area contributed by atoms with Crippen LogP contribution in [-0.2, 0) is 14.9 Å². The van der Waals surface area contributed by atoms with E-state index in [-0.39, 0.29) is 6.04 Å². The van der Waals surface area contributed by atoms with Gasteiger partial charge in [0.25, 0.3) is 10.2 Å². The van der Waals surface area contributed by atoms with E-state index in [0.29, 0.717) is 19.8 Å². The van der Waals surface area contributed by atoms with Crippen LogP contribution in [0.5, 0.6) is 0 Å². The van der Waals surface area contributed by atoms with Gasteiger partial charge in [-0.1, -0.05) is 6.92 Å². The van der Waals surface area contributed by atoms with Gasteiger partial charge in [0.05, 0.1) is 12.6 Å². The second-order valence-electron chi connectivity index (χ2n) is 4.97. The Morgan fingerprint density at radius 1 is 1.32 bits per heavy atom. The molecule has 0 aromatic rings. The van der Waals surface area contributed by atoms with Crippen molar-refractivity contribution < 1.29 is 13.2 Å². The summed E-state index contributed by atoms with van der Waals surface area (Å²) in [6.07, 6.45) is 2.70.